The van der Waals surface area contributed by atoms with E-state index in [-0.39, 0.29) is 0 Å². The zero-order valence-corrected chi connectivity index (χ0v) is 8.19. The molecule has 0 bridgehead atoms. The molecule has 0 aliphatic rings. The number of rotatable bonds is 1. The van der Waals surface area contributed by atoms with Gasteiger partial charge in [-0.2, -0.15) is 0 Å². The third-order valence-corrected chi connectivity index (χ3v) is 3.11. The van der Waals surface area contributed by atoms with E-state index in [1.165, 1.54) is 16.9 Å². The lowest BCUT2D eigenvalue weighted by Gasteiger charge is -2.00. The van der Waals surface area contributed by atoms with Crippen molar-refractivity contribution in [1.29, 1.82) is 0 Å². The van der Waals surface area contributed by atoms with Gasteiger partial charge < -0.3 is 10.8 Å². The molecule has 0 atom stereocenters. The van der Waals surface area contributed by atoms with Crippen LogP contribution in [-0.4, -0.2) is 5.11 Å². The van der Waals surface area contributed by atoms with Gasteiger partial charge in [-0.05, 0) is 35.6 Å². The van der Waals surface area contributed by atoms with Gasteiger partial charge in [-0.15, -0.1) is 0 Å². The van der Waals surface area contributed by atoms with Crippen LogP contribution in [0.1, 0.15) is 12.5 Å². The van der Waals surface area contributed by atoms with Crippen LogP contribution in [-0.2, 0) is 6.42 Å². The van der Waals surface area contributed by atoms with Crippen molar-refractivity contribution in [2.24, 2.45) is 0 Å². The van der Waals surface area contributed by atoms with Gasteiger partial charge in [0.15, 0.2) is 5.06 Å². The largest absolute Gasteiger partial charge is 0.499 e. The Kier molecular flexibility index (Phi) is 1.88. The molecule has 0 saturated heterocycles. The number of benzene rings is 1. The Labute approximate surface area is 80.6 Å². The summed E-state index contributed by atoms with van der Waals surface area (Å²) >= 11 is 1.41. The zero-order valence-electron chi connectivity index (χ0n) is 7.37. The van der Waals surface area contributed by atoms with Gasteiger partial charge in [0.05, 0.1) is 0 Å². The fourth-order valence-electron chi connectivity index (χ4n) is 1.50. The van der Waals surface area contributed by atoms with Crippen LogP contribution in [0.4, 0.5) is 5.69 Å². The topological polar surface area (TPSA) is 46.2 Å². The van der Waals surface area contributed by atoms with Crippen LogP contribution >= 0.6 is 11.3 Å². The van der Waals surface area contributed by atoms with Gasteiger partial charge in [-0.1, -0.05) is 18.3 Å². The molecule has 1 heterocycles. The minimum absolute atomic E-state index is 0.357. The minimum atomic E-state index is 0.357. The van der Waals surface area contributed by atoms with Crippen LogP contribution in [0.5, 0.6) is 5.06 Å². The normalized spacial score (nSPS) is 10.8. The number of thiophene rings is 1. The number of anilines is 1. The monoisotopic (exact) mass is 193 g/mol. The van der Waals surface area contributed by atoms with Crippen molar-refractivity contribution < 1.29 is 5.11 Å². The average Bonchev–Trinajstić information content (AvgIpc) is 2.43. The molecule has 0 aliphatic carbocycles. The van der Waals surface area contributed by atoms with Gasteiger partial charge in [0.1, 0.15) is 0 Å². The highest BCUT2D eigenvalue weighted by molar-refractivity contribution is 7.20. The molecule has 68 valence electrons. The average molecular weight is 193 g/mol. The number of fused-ring (bicyclic) bond motifs is 1. The second kappa shape index (κ2) is 2.92. The Bertz CT molecular complexity index is 447. The highest BCUT2D eigenvalue weighted by atomic mass is 32.1. The van der Waals surface area contributed by atoms with Crippen molar-refractivity contribution in [2.45, 2.75) is 13.3 Å². The second-order valence-electron chi connectivity index (χ2n) is 3.04. The van der Waals surface area contributed by atoms with Gasteiger partial charge in [-0.25, -0.2) is 0 Å². The summed E-state index contributed by atoms with van der Waals surface area (Å²) in [5.41, 5.74) is 7.71. The predicted molar refractivity (Wildman–Crippen MR) is 57.3 cm³/mol. The third kappa shape index (κ3) is 1.35. The number of nitrogens with two attached hydrogens (primary N) is 1. The lowest BCUT2D eigenvalue weighted by atomic mass is 10.1. The summed E-state index contributed by atoms with van der Waals surface area (Å²) in [6.45, 7) is 2.09. The Morgan fingerprint density at radius 1 is 1.38 bits per heavy atom. The molecule has 0 aliphatic heterocycles. The Morgan fingerprint density at radius 3 is 2.85 bits per heavy atom. The third-order valence-electron chi connectivity index (χ3n) is 2.08. The molecule has 0 amide bonds. The molecule has 3 N–H and O–H groups in total. The van der Waals surface area contributed by atoms with Gasteiger partial charge in [0, 0.05) is 10.4 Å². The summed E-state index contributed by atoms with van der Waals surface area (Å²) < 4.78 is 1.15. The first-order valence-electron chi connectivity index (χ1n) is 4.21. The number of hydrogen-bond donors (Lipinski definition) is 2. The first-order chi connectivity index (χ1) is 6.20. The number of aryl methyl sites for hydroxylation is 1. The van der Waals surface area contributed by atoms with Crippen molar-refractivity contribution in [3.63, 3.8) is 0 Å². The van der Waals surface area contributed by atoms with Crippen LogP contribution in [0, 0.1) is 0 Å². The molecule has 0 radical (unpaired) electrons. The number of aromatic hydroxyl groups is 1. The zero-order chi connectivity index (χ0) is 9.42. The fourth-order valence-corrected chi connectivity index (χ4v) is 2.47. The van der Waals surface area contributed by atoms with E-state index < -0.39 is 0 Å². The van der Waals surface area contributed by atoms with Gasteiger partial charge in [0.25, 0.3) is 0 Å². The van der Waals surface area contributed by atoms with Crippen LogP contribution in [0.2, 0.25) is 0 Å². The van der Waals surface area contributed by atoms with E-state index in [0.29, 0.717) is 5.06 Å². The molecule has 0 unspecified atom stereocenters. The lowest BCUT2D eigenvalue weighted by molar-refractivity contribution is 0.491. The maximum absolute atomic E-state index is 9.34. The second-order valence-corrected chi connectivity index (χ2v) is 4.07. The number of nitrogen functional groups attached to an aromatic ring is 1. The molecule has 0 spiro atoms. The quantitative estimate of drug-likeness (QED) is 0.684. The maximum Gasteiger partial charge on any atom is 0.172 e. The van der Waals surface area contributed by atoms with E-state index in [1.807, 2.05) is 12.1 Å². The highest BCUT2D eigenvalue weighted by Crippen LogP contribution is 2.34. The van der Waals surface area contributed by atoms with E-state index in [1.54, 1.807) is 6.07 Å². The lowest BCUT2D eigenvalue weighted by Crippen LogP contribution is -1.87. The Morgan fingerprint density at radius 2 is 2.15 bits per heavy atom. The highest BCUT2D eigenvalue weighted by Gasteiger charge is 2.05. The standard InChI is InChI=1S/C10H11NOS/c1-2-6-3-8(11)4-7-5-9(12)13-10(6)7/h3-5,12H,2,11H2,1H3. The summed E-state index contributed by atoms with van der Waals surface area (Å²) in [7, 11) is 0. The van der Waals surface area contributed by atoms with E-state index in [2.05, 4.69) is 6.92 Å². The van der Waals surface area contributed by atoms with Crippen molar-refractivity contribution >= 4 is 27.1 Å². The fraction of sp³-hybridized carbons (Fsp3) is 0.200. The van der Waals surface area contributed by atoms with E-state index in [0.717, 1.165) is 22.2 Å². The van der Waals surface area contributed by atoms with Crippen molar-refractivity contribution in [2.75, 3.05) is 5.73 Å². The molecule has 1 aromatic carbocycles. The van der Waals surface area contributed by atoms with Crippen molar-refractivity contribution in [3.8, 4) is 5.06 Å². The van der Waals surface area contributed by atoms with Gasteiger partial charge in [0.2, 0.25) is 0 Å². The van der Waals surface area contributed by atoms with Crippen molar-refractivity contribution in [3.05, 3.63) is 23.8 Å². The van der Waals surface area contributed by atoms with Crippen LogP contribution in [0.3, 0.4) is 0 Å². The molecule has 1 aromatic heterocycles. The van der Waals surface area contributed by atoms with Crippen molar-refractivity contribution in [1.82, 2.24) is 0 Å². The van der Waals surface area contributed by atoms with Crippen LogP contribution < -0.4 is 5.73 Å². The molecule has 2 nitrogen and oxygen atoms in total. The summed E-state index contributed by atoms with van der Waals surface area (Å²) in [4.78, 5) is 0. The molecular weight excluding hydrogens is 182 g/mol. The predicted octanol–water partition coefficient (Wildman–Crippen LogP) is 2.75. The summed E-state index contributed by atoms with van der Waals surface area (Å²) in [6, 6.07) is 5.62. The van der Waals surface area contributed by atoms with Crippen LogP contribution in [0.15, 0.2) is 18.2 Å². The van der Waals surface area contributed by atoms with E-state index in [9.17, 15) is 5.11 Å². The van der Waals surface area contributed by atoms with Gasteiger partial charge >= 0.3 is 0 Å². The first-order valence-corrected chi connectivity index (χ1v) is 5.03. The maximum atomic E-state index is 9.34. The summed E-state index contributed by atoms with van der Waals surface area (Å²) in [5, 5.41) is 10.7. The molecular formula is C10H11NOS. The Balaban J connectivity index is 2.80. The Hall–Kier alpha value is -1.22. The summed E-state index contributed by atoms with van der Waals surface area (Å²) in [5.74, 6) is 0. The molecule has 13 heavy (non-hydrogen) atoms. The van der Waals surface area contributed by atoms with Crippen LogP contribution in [0.25, 0.3) is 10.1 Å². The van der Waals surface area contributed by atoms with Gasteiger partial charge in [-0.3, -0.25) is 0 Å². The smallest absolute Gasteiger partial charge is 0.172 e. The first kappa shape index (κ1) is 8.38. The molecule has 3 heteroatoms. The van der Waals surface area contributed by atoms with E-state index in [4.69, 9.17) is 5.73 Å². The molecule has 2 aromatic rings. The van der Waals surface area contributed by atoms with E-state index >= 15 is 0 Å². The minimum Gasteiger partial charge on any atom is -0.499 e. The number of hydrogen-bond acceptors (Lipinski definition) is 3. The molecule has 0 fully saturated rings. The SMILES string of the molecule is CCc1cc(N)cc2cc(O)sc12. The summed E-state index contributed by atoms with van der Waals surface area (Å²) in [6.07, 6.45) is 0.946. The molecule has 2 rings (SSSR count). The molecule has 0 saturated carbocycles.